The molecule has 8 heteroatoms. The maximum atomic E-state index is 12.9. The number of aryl methyl sites for hydroxylation is 3. The predicted octanol–water partition coefficient (Wildman–Crippen LogP) is 2.43. The molecule has 3 aromatic heterocycles. The number of hydrogen-bond donors (Lipinski definition) is 0. The Labute approximate surface area is 155 Å². The summed E-state index contributed by atoms with van der Waals surface area (Å²) in [5.74, 6) is 0.562. The molecule has 0 spiro atoms. The number of hydrogen-bond acceptors (Lipinski definition) is 5. The standard InChI is InChI=1S/C18H23N5O2S/c1-10-7-5-6-8-21(10)14(24)9-22-18(25)23-13(4)19-17-15(16(23)20-22)11(2)12(3)26-17/h10H,5-9H2,1-4H3. The van der Waals surface area contributed by atoms with Crippen molar-refractivity contribution in [3.8, 4) is 0 Å². The summed E-state index contributed by atoms with van der Waals surface area (Å²) >= 11 is 1.61. The molecule has 7 nitrogen and oxygen atoms in total. The fourth-order valence-electron chi connectivity index (χ4n) is 3.80. The Bertz CT molecular complexity index is 1080. The molecule has 1 unspecified atom stereocenters. The van der Waals surface area contributed by atoms with Crippen LogP contribution in [-0.4, -0.2) is 42.6 Å². The van der Waals surface area contributed by atoms with Gasteiger partial charge in [-0.05, 0) is 52.5 Å². The van der Waals surface area contributed by atoms with E-state index in [2.05, 4.69) is 17.0 Å². The van der Waals surface area contributed by atoms with Crippen LogP contribution in [0.3, 0.4) is 0 Å². The number of likely N-dealkylation sites (tertiary alicyclic amines) is 1. The zero-order chi connectivity index (χ0) is 18.6. The molecule has 26 heavy (non-hydrogen) atoms. The molecule has 1 atom stereocenters. The molecule has 0 saturated carbocycles. The number of thiophene rings is 1. The van der Waals surface area contributed by atoms with Gasteiger partial charge in [0.15, 0.2) is 5.65 Å². The van der Waals surface area contributed by atoms with E-state index in [4.69, 9.17) is 0 Å². The molecular formula is C18H23N5O2S. The van der Waals surface area contributed by atoms with Crippen LogP contribution >= 0.6 is 11.3 Å². The number of rotatable bonds is 2. The van der Waals surface area contributed by atoms with E-state index in [1.165, 1.54) is 14.0 Å². The molecule has 4 rings (SSSR count). The van der Waals surface area contributed by atoms with Gasteiger partial charge in [-0.2, -0.15) is 0 Å². The van der Waals surface area contributed by atoms with Crippen molar-refractivity contribution >= 4 is 33.1 Å². The van der Waals surface area contributed by atoms with Gasteiger partial charge in [-0.3, -0.25) is 4.79 Å². The summed E-state index contributed by atoms with van der Waals surface area (Å²) in [5, 5.41) is 5.43. The molecular weight excluding hydrogens is 350 g/mol. The summed E-state index contributed by atoms with van der Waals surface area (Å²) in [6, 6.07) is 0.223. The van der Waals surface area contributed by atoms with Crippen LogP contribution in [0.1, 0.15) is 42.5 Å². The second-order valence-electron chi connectivity index (χ2n) is 7.15. The van der Waals surface area contributed by atoms with Crippen LogP contribution in [0.4, 0.5) is 0 Å². The summed E-state index contributed by atoms with van der Waals surface area (Å²) in [4.78, 5) is 34.1. The van der Waals surface area contributed by atoms with E-state index in [9.17, 15) is 9.59 Å². The number of carbonyl (C=O) groups is 1. The molecule has 0 aliphatic carbocycles. The molecule has 1 aliphatic heterocycles. The molecule has 138 valence electrons. The smallest absolute Gasteiger partial charge is 0.338 e. The van der Waals surface area contributed by atoms with Gasteiger partial charge in [0.2, 0.25) is 5.91 Å². The van der Waals surface area contributed by atoms with Crippen molar-refractivity contribution in [2.45, 2.75) is 59.5 Å². The second-order valence-corrected chi connectivity index (χ2v) is 8.36. The molecule has 1 saturated heterocycles. The van der Waals surface area contributed by atoms with Crippen LogP contribution in [-0.2, 0) is 11.3 Å². The monoisotopic (exact) mass is 373 g/mol. The zero-order valence-corrected chi connectivity index (χ0v) is 16.4. The summed E-state index contributed by atoms with van der Waals surface area (Å²) < 4.78 is 2.81. The van der Waals surface area contributed by atoms with Gasteiger partial charge in [0, 0.05) is 17.5 Å². The number of carbonyl (C=O) groups excluding carboxylic acids is 1. The third-order valence-electron chi connectivity index (χ3n) is 5.42. The van der Waals surface area contributed by atoms with Crippen LogP contribution in [0.15, 0.2) is 4.79 Å². The fourth-order valence-corrected chi connectivity index (χ4v) is 4.87. The van der Waals surface area contributed by atoms with Gasteiger partial charge in [0.05, 0.1) is 5.39 Å². The van der Waals surface area contributed by atoms with Crippen molar-refractivity contribution in [3.63, 3.8) is 0 Å². The number of nitrogens with zero attached hydrogens (tertiary/aromatic N) is 5. The van der Waals surface area contributed by atoms with Crippen LogP contribution < -0.4 is 5.69 Å². The van der Waals surface area contributed by atoms with Gasteiger partial charge in [0.25, 0.3) is 0 Å². The first-order valence-electron chi connectivity index (χ1n) is 9.04. The third kappa shape index (κ3) is 2.55. The van der Waals surface area contributed by atoms with Crippen LogP contribution in [0, 0.1) is 20.8 Å². The average Bonchev–Trinajstić information content (AvgIpc) is 3.05. The largest absolute Gasteiger partial charge is 0.352 e. The van der Waals surface area contributed by atoms with E-state index < -0.39 is 0 Å². The van der Waals surface area contributed by atoms with E-state index >= 15 is 0 Å². The minimum Gasteiger partial charge on any atom is -0.338 e. The van der Waals surface area contributed by atoms with Crippen LogP contribution in [0.25, 0.3) is 15.9 Å². The minimum absolute atomic E-state index is 0.0199. The van der Waals surface area contributed by atoms with E-state index in [0.29, 0.717) is 11.5 Å². The zero-order valence-electron chi connectivity index (χ0n) is 15.6. The Kier molecular flexibility index (Phi) is 4.10. The van der Waals surface area contributed by atoms with Crippen molar-refractivity contribution in [1.29, 1.82) is 0 Å². The average molecular weight is 373 g/mol. The lowest BCUT2D eigenvalue weighted by Gasteiger charge is -2.33. The van der Waals surface area contributed by atoms with Crippen molar-refractivity contribution < 1.29 is 4.79 Å². The highest BCUT2D eigenvalue weighted by Gasteiger charge is 2.25. The maximum absolute atomic E-state index is 12.9. The highest BCUT2D eigenvalue weighted by atomic mass is 32.1. The first-order chi connectivity index (χ1) is 12.4. The van der Waals surface area contributed by atoms with E-state index in [1.807, 2.05) is 18.7 Å². The van der Waals surface area contributed by atoms with E-state index in [0.717, 1.165) is 41.6 Å². The normalized spacial score (nSPS) is 18.2. The van der Waals surface area contributed by atoms with Crippen LogP contribution in [0.2, 0.25) is 0 Å². The minimum atomic E-state index is -0.298. The Morgan fingerprint density at radius 1 is 1.27 bits per heavy atom. The third-order valence-corrected chi connectivity index (χ3v) is 6.53. The summed E-state index contributed by atoms with van der Waals surface area (Å²) in [6.45, 7) is 8.68. The number of amides is 1. The molecule has 0 aromatic carbocycles. The number of fused-ring (bicyclic) bond motifs is 3. The summed E-state index contributed by atoms with van der Waals surface area (Å²) in [6.07, 6.45) is 3.19. The molecule has 1 amide bonds. The van der Waals surface area contributed by atoms with Gasteiger partial charge >= 0.3 is 5.69 Å². The van der Waals surface area contributed by atoms with Crippen molar-refractivity contribution in [2.75, 3.05) is 6.54 Å². The first-order valence-corrected chi connectivity index (χ1v) is 9.85. The SMILES string of the molecule is Cc1sc2nc(C)n3c(=O)n(CC(=O)N4CCCCC4C)nc3c2c1C. The summed E-state index contributed by atoms with van der Waals surface area (Å²) in [7, 11) is 0. The molecule has 0 bridgehead atoms. The number of piperidine rings is 1. The van der Waals surface area contributed by atoms with Crippen molar-refractivity contribution in [3.05, 3.63) is 26.7 Å². The van der Waals surface area contributed by atoms with Crippen LogP contribution in [0.5, 0.6) is 0 Å². The van der Waals surface area contributed by atoms with Gasteiger partial charge in [0.1, 0.15) is 17.2 Å². The lowest BCUT2D eigenvalue weighted by Crippen LogP contribution is -2.44. The number of aromatic nitrogens is 4. The quantitative estimate of drug-likeness (QED) is 0.692. The highest BCUT2D eigenvalue weighted by molar-refractivity contribution is 7.18. The summed E-state index contributed by atoms with van der Waals surface area (Å²) in [5.41, 5.74) is 1.39. The maximum Gasteiger partial charge on any atom is 0.352 e. The van der Waals surface area contributed by atoms with Gasteiger partial charge in [-0.25, -0.2) is 18.9 Å². The Hall–Kier alpha value is -2.22. The lowest BCUT2D eigenvalue weighted by atomic mass is 10.0. The molecule has 1 fully saturated rings. The highest BCUT2D eigenvalue weighted by Crippen LogP contribution is 2.31. The van der Waals surface area contributed by atoms with E-state index in [-0.39, 0.29) is 24.2 Å². The molecule has 1 aliphatic rings. The first kappa shape index (κ1) is 17.2. The van der Waals surface area contributed by atoms with Gasteiger partial charge in [-0.1, -0.05) is 0 Å². The predicted molar refractivity (Wildman–Crippen MR) is 102 cm³/mol. The fraction of sp³-hybridized carbons (Fsp3) is 0.556. The van der Waals surface area contributed by atoms with Crippen molar-refractivity contribution in [2.24, 2.45) is 0 Å². The van der Waals surface area contributed by atoms with E-state index in [1.54, 1.807) is 18.3 Å². The lowest BCUT2D eigenvalue weighted by molar-refractivity contribution is -0.135. The van der Waals surface area contributed by atoms with Crippen molar-refractivity contribution in [1.82, 2.24) is 24.1 Å². The Balaban J connectivity index is 1.80. The van der Waals surface area contributed by atoms with Gasteiger partial charge in [-0.15, -0.1) is 16.4 Å². The second kappa shape index (κ2) is 6.19. The Morgan fingerprint density at radius 3 is 2.77 bits per heavy atom. The molecule has 0 radical (unpaired) electrons. The molecule has 4 heterocycles. The Morgan fingerprint density at radius 2 is 2.04 bits per heavy atom. The topological polar surface area (TPSA) is 72.5 Å². The molecule has 3 aromatic rings. The molecule has 0 N–H and O–H groups in total. The van der Waals surface area contributed by atoms with Gasteiger partial charge < -0.3 is 4.90 Å².